The van der Waals surface area contributed by atoms with Crippen LogP contribution >= 0.6 is 0 Å². The average molecular weight is 611 g/mol. The molecule has 0 radical (unpaired) electrons. The van der Waals surface area contributed by atoms with Crippen LogP contribution in [0, 0.1) is 11.8 Å². The number of carbonyl (C=O) groups excluding carboxylic acids is 6. The van der Waals surface area contributed by atoms with Crippen LogP contribution in [0.4, 0.5) is 4.79 Å². The number of Topliss-reactive ketones (excluding diaryl/α,β-unsaturated/α-hetero) is 1. The second kappa shape index (κ2) is 18.0. The minimum atomic E-state index is -1.22. The van der Waals surface area contributed by atoms with E-state index in [1.165, 1.54) is 12.4 Å². The Morgan fingerprint density at radius 3 is 2.11 bits per heavy atom. The predicted octanol–water partition coefficient (Wildman–Crippen LogP) is 1.15. The maximum Gasteiger partial charge on any atom is 0.408 e. The maximum atomic E-state index is 13.3. The van der Waals surface area contributed by atoms with E-state index in [4.69, 9.17) is 10.5 Å². The summed E-state index contributed by atoms with van der Waals surface area (Å²) in [4.78, 5) is 79.9. The number of primary amides is 1. The second-order valence-electron chi connectivity index (χ2n) is 10.9. The monoisotopic (exact) mass is 610 g/mol. The van der Waals surface area contributed by atoms with Crippen molar-refractivity contribution in [2.24, 2.45) is 17.6 Å². The van der Waals surface area contributed by atoms with Gasteiger partial charge in [0.15, 0.2) is 0 Å². The lowest BCUT2D eigenvalue weighted by Gasteiger charge is -2.26. The molecule has 1 aromatic carbocycles. The molecule has 0 saturated heterocycles. The Labute approximate surface area is 257 Å². The highest BCUT2D eigenvalue weighted by molar-refractivity contribution is 6.38. The Bertz CT molecular complexity index is 1270. The van der Waals surface area contributed by atoms with Gasteiger partial charge in [0.25, 0.3) is 5.91 Å². The van der Waals surface area contributed by atoms with Gasteiger partial charge in [0, 0.05) is 18.8 Å². The molecule has 0 saturated carbocycles. The summed E-state index contributed by atoms with van der Waals surface area (Å²) < 4.78 is 5.25. The highest BCUT2D eigenvalue weighted by Crippen LogP contribution is 2.12. The number of aromatic nitrogens is 1. The molecule has 0 aliphatic rings. The van der Waals surface area contributed by atoms with Gasteiger partial charge in [-0.25, -0.2) is 4.79 Å². The van der Waals surface area contributed by atoms with Gasteiger partial charge >= 0.3 is 6.09 Å². The lowest BCUT2D eigenvalue weighted by molar-refractivity contribution is -0.141. The van der Waals surface area contributed by atoms with Gasteiger partial charge in [0.05, 0.1) is 12.6 Å². The van der Waals surface area contributed by atoms with Crippen LogP contribution in [0.25, 0.3) is 0 Å². The molecule has 0 spiro atoms. The largest absolute Gasteiger partial charge is 0.445 e. The minimum Gasteiger partial charge on any atom is -0.445 e. The third kappa shape index (κ3) is 12.2. The smallest absolute Gasteiger partial charge is 0.408 e. The van der Waals surface area contributed by atoms with Crippen molar-refractivity contribution in [1.29, 1.82) is 0 Å². The molecule has 0 aliphatic heterocycles. The number of benzene rings is 1. The van der Waals surface area contributed by atoms with Crippen LogP contribution in [0.5, 0.6) is 0 Å². The van der Waals surface area contributed by atoms with Crippen LogP contribution in [0.3, 0.4) is 0 Å². The first-order valence-corrected chi connectivity index (χ1v) is 14.5. The first kappa shape index (κ1) is 35.4. The summed E-state index contributed by atoms with van der Waals surface area (Å²) in [6.45, 7) is 6.63. The van der Waals surface area contributed by atoms with Gasteiger partial charge in [0.1, 0.15) is 18.7 Å². The van der Waals surface area contributed by atoms with Crippen LogP contribution in [-0.4, -0.2) is 65.2 Å². The molecule has 44 heavy (non-hydrogen) atoms. The van der Waals surface area contributed by atoms with Gasteiger partial charge in [-0.1, -0.05) is 64.4 Å². The summed E-state index contributed by atoms with van der Waals surface area (Å²) in [5.41, 5.74) is 6.90. The topological polar surface area (TPSA) is 199 Å². The van der Waals surface area contributed by atoms with Crippen LogP contribution in [0.2, 0.25) is 0 Å². The van der Waals surface area contributed by atoms with Gasteiger partial charge in [0.2, 0.25) is 23.5 Å². The third-order valence-corrected chi connectivity index (χ3v) is 6.82. The molecule has 1 aromatic heterocycles. The number of hydrogen-bond acceptors (Lipinski definition) is 8. The number of pyridine rings is 1. The molecule has 0 aliphatic carbocycles. The van der Waals surface area contributed by atoms with E-state index >= 15 is 0 Å². The number of rotatable bonds is 17. The fourth-order valence-electron chi connectivity index (χ4n) is 4.18. The number of hydrogen-bond donors (Lipinski definition) is 5. The van der Waals surface area contributed by atoms with E-state index in [1.807, 2.05) is 32.0 Å². The zero-order chi connectivity index (χ0) is 32.6. The zero-order valence-corrected chi connectivity index (χ0v) is 25.5. The van der Waals surface area contributed by atoms with Crippen LogP contribution in [0.15, 0.2) is 54.9 Å². The Hall–Kier alpha value is -4.81. The standard InChI is InChI=1S/C31H42N6O7/c1-5-20(4)26(37-29(41)24(15-19(2)3)36-31(43)44-18-22-9-7-6-8-10-22)27(39)30(42)34-17-25(38)35-23(28(32)40)16-21-11-13-33-14-12-21/h6-14,19-20,23-24,26H,5,15-18H2,1-4H3,(H2,32,40)(H,34,42)(H,35,38)(H,36,43)(H,37,41). The van der Waals surface area contributed by atoms with Crippen molar-refractivity contribution in [3.63, 3.8) is 0 Å². The van der Waals surface area contributed by atoms with Crippen LogP contribution in [-0.2, 0) is 41.7 Å². The second-order valence-corrected chi connectivity index (χ2v) is 10.9. The molecule has 0 fully saturated rings. The van der Waals surface area contributed by atoms with E-state index in [0.29, 0.717) is 12.0 Å². The van der Waals surface area contributed by atoms with E-state index in [0.717, 1.165) is 5.56 Å². The number of nitrogens with two attached hydrogens (primary N) is 1. The minimum absolute atomic E-state index is 0.00233. The Morgan fingerprint density at radius 1 is 0.864 bits per heavy atom. The molecule has 6 N–H and O–H groups in total. The molecule has 1 heterocycles. The van der Waals surface area contributed by atoms with Gasteiger partial charge < -0.3 is 31.7 Å². The van der Waals surface area contributed by atoms with E-state index in [1.54, 1.807) is 38.1 Å². The van der Waals surface area contributed by atoms with Crippen molar-refractivity contribution < 1.29 is 33.5 Å². The first-order chi connectivity index (χ1) is 20.9. The Kier molecular flexibility index (Phi) is 14.5. The summed E-state index contributed by atoms with van der Waals surface area (Å²) in [6.07, 6.45) is 3.08. The van der Waals surface area contributed by atoms with E-state index < -0.39 is 66.1 Å². The predicted molar refractivity (Wildman–Crippen MR) is 161 cm³/mol. The zero-order valence-electron chi connectivity index (χ0n) is 25.5. The summed E-state index contributed by atoms with van der Waals surface area (Å²) in [5, 5.41) is 9.85. The van der Waals surface area contributed by atoms with Crippen LogP contribution < -0.4 is 27.0 Å². The summed E-state index contributed by atoms with van der Waals surface area (Å²) in [7, 11) is 0. The summed E-state index contributed by atoms with van der Waals surface area (Å²) in [5.74, 6) is -4.66. The molecular formula is C31H42N6O7. The van der Waals surface area contributed by atoms with Gasteiger partial charge in [-0.15, -0.1) is 0 Å². The van der Waals surface area contributed by atoms with E-state index in [2.05, 4.69) is 26.3 Å². The number of ketones is 1. The molecular weight excluding hydrogens is 568 g/mol. The molecule has 13 heteroatoms. The molecule has 0 bridgehead atoms. The number of nitrogens with zero attached hydrogens (tertiary/aromatic N) is 1. The van der Waals surface area contributed by atoms with Crippen LogP contribution in [0.1, 0.15) is 51.7 Å². The summed E-state index contributed by atoms with van der Waals surface area (Å²) >= 11 is 0. The highest BCUT2D eigenvalue weighted by atomic mass is 16.5. The van der Waals surface area contributed by atoms with Crippen molar-refractivity contribution >= 4 is 35.5 Å². The van der Waals surface area contributed by atoms with E-state index in [-0.39, 0.29) is 25.4 Å². The molecule has 4 unspecified atom stereocenters. The molecule has 5 amide bonds. The first-order valence-electron chi connectivity index (χ1n) is 14.5. The SMILES string of the molecule is CCC(C)C(NC(=O)C(CC(C)C)NC(=O)OCc1ccccc1)C(=O)C(=O)NCC(=O)NC(Cc1ccncc1)C(N)=O. The number of carbonyl (C=O) groups is 6. The van der Waals surface area contributed by atoms with Crippen molar-refractivity contribution in [1.82, 2.24) is 26.3 Å². The number of ether oxygens (including phenoxy) is 1. The van der Waals surface area contributed by atoms with E-state index in [9.17, 15) is 28.8 Å². The summed E-state index contributed by atoms with van der Waals surface area (Å²) in [6, 6.07) is 9.07. The van der Waals surface area contributed by atoms with Gasteiger partial charge in [-0.05, 0) is 41.5 Å². The van der Waals surface area contributed by atoms with Crippen molar-refractivity contribution in [3.05, 3.63) is 66.0 Å². The van der Waals surface area contributed by atoms with Crippen molar-refractivity contribution in [3.8, 4) is 0 Å². The lowest BCUT2D eigenvalue weighted by atomic mass is 9.94. The Morgan fingerprint density at radius 2 is 1.52 bits per heavy atom. The highest BCUT2D eigenvalue weighted by Gasteiger charge is 2.34. The average Bonchev–Trinajstić information content (AvgIpc) is 3.00. The molecule has 13 nitrogen and oxygen atoms in total. The molecule has 238 valence electrons. The quantitative estimate of drug-likeness (QED) is 0.164. The van der Waals surface area contributed by atoms with Crippen molar-refractivity contribution in [2.75, 3.05) is 6.54 Å². The fraction of sp³-hybridized carbons (Fsp3) is 0.452. The van der Waals surface area contributed by atoms with Crippen molar-refractivity contribution in [2.45, 2.75) is 71.7 Å². The van der Waals surface area contributed by atoms with Gasteiger partial charge in [-0.2, -0.15) is 0 Å². The normalized spacial score (nSPS) is 13.5. The third-order valence-electron chi connectivity index (χ3n) is 6.82. The number of alkyl carbamates (subject to hydrolysis) is 1. The number of nitrogens with one attached hydrogen (secondary N) is 4. The van der Waals surface area contributed by atoms with Gasteiger partial charge in [-0.3, -0.25) is 29.0 Å². The molecule has 2 aromatic rings. The molecule has 2 rings (SSSR count). The number of amides is 5. The maximum absolute atomic E-state index is 13.3. The molecule has 4 atom stereocenters. The lowest BCUT2D eigenvalue weighted by Crippen LogP contribution is -2.56. The fourth-order valence-corrected chi connectivity index (χ4v) is 4.18. The Balaban J connectivity index is 2.00.